The van der Waals surface area contributed by atoms with E-state index in [2.05, 4.69) is 23.7 Å². The number of imidazole rings is 1. The number of aromatic nitrogens is 5. The molecule has 0 spiro atoms. The van der Waals surface area contributed by atoms with E-state index in [0.717, 1.165) is 69.4 Å². The second-order valence-electron chi connectivity index (χ2n) is 12.2. The van der Waals surface area contributed by atoms with Crippen molar-refractivity contribution in [2.45, 2.75) is 89.0 Å². The van der Waals surface area contributed by atoms with Crippen molar-refractivity contribution >= 4 is 11.2 Å². The van der Waals surface area contributed by atoms with Gasteiger partial charge in [0.15, 0.2) is 11.2 Å². The molecule has 3 aromatic heterocycles. The molecule has 12 nitrogen and oxygen atoms in total. The van der Waals surface area contributed by atoms with E-state index in [9.17, 15) is 4.79 Å². The first-order chi connectivity index (χ1) is 21.6. The smallest absolute Gasteiger partial charge is 0.330 e. The Morgan fingerprint density at radius 1 is 0.955 bits per heavy atom. The highest BCUT2D eigenvalue weighted by atomic mass is 16.5. The molecule has 6 rings (SSSR count). The molecule has 2 saturated heterocycles. The van der Waals surface area contributed by atoms with E-state index in [0.29, 0.717) is 61.7 Å². The fraction of sp³-hybridized carbons (Fsp3) is 0.688. The zero-order chi connectivity index (χ0) is 30.5. The Bertz CT molecular complexity index is 1470. The van der Waals surface area contributed by atoms with Crippen LogP contribution in [0.3, 0.4) is 0 Å². The molecule has 0 unspecified atom stereocenters. The van der Waals surface area contributed by atoms with Crippen LogP contribution in [0.15, 0.2) is 22.0 Å². The van der Waals surface area contributed by atoms with Crippen LogP contribution in [0.2, 0.25) is 0 Å². The first kappa shape index (κ1) is 30.9. The lowest BCUT2D eigenvalue weighted by molar-refractivity contribution is 0.0373. The third-order valence-corrected chi connectivity index (χ3v) is 9.25. The van der Waals surface area contributed by atoms with Crippen LogP contribution in [0.5, 0.6) is 5.88 Å². The molecule has 2 fully saturated rings. The van der Waals surface area contributed by atoms with Gasteiger partial charge in [0.1, 0.15) is 11.8 Å². The molecule has 0 radical (unpaired) electrons. The van der Waals surface area contributed by atoms with Crippen LogP contribution < -0.4 is 10.4 Å². The van der Waals surface area contributed by atoms with Crippen LogP contribution >= 0.6 is 0 Å². The molecule has 3 atom stereocenters. The summed E-state index contributed by atoms with van der Waals surface area (Å²) in [4.78, 5) is 25.9. The maximum Gasteiger partial charge on any atom is 0.330 e. The Morgan fingerprint density at radius 3 is 2.55 bits per heavy atom. The van der Waals surface area contributed by atoms with Gasteiger partial charge in [-0.2, -0.15) is 4.98 Å². The zero-order valence-corrected chi connectivity index (χ0v) is 26.2. The molecular weight excluding hydrogens is 564 g/mol. The van der Waals surface area contributed by atoms with E-state index in [-0.39, 0.29) is 23.9 Å². The average molecular weight is 611 g/mol. The third kappa shape index (κ3) is 6.49. The van der Waals surface area contributed by atoms with Crippen LogP contribution in [0, 0.1) is 0 Å². The molecule has 44 heavy (non-hydrogen) atoms. The SMILES string of the molecule is C=C[C@H](Oc1nc(-c2onc3c2CCCCCCCCOCCOC3)nc2c1n(C)c(=O)n2[C@H]1CCOC1)[C@@H]1CCCN1C. The van der Waals surface area contributed by atoms with Gasteiger partial charge in [0.2, 0.25) is 17.5 Å². The van der Waals surface area contributed by atoms with Crippen molar-refractivity contribution in [1.29, 1.82) is 0 Å². The second-order valence-corrected chi connectivity index (χ2v) is 12.2. The minimum Gasteiger partial charge on any atom is -0.467 e. The predicted octanol–water partition coefficient (Wildman–Crippen LogP) is 4.20. The molecule has 3 aliphatic rings. The largest absolute Gasteiger partial charge is 0.467 e. The Kier molecular flexibility index (Phi) is 10.1. The van der Waals surface area contributed by atoms with E-state index >= 15 is 0 Å². The van der Waals surface area contributed by atoms with Crippen molar-refractivity contribution in [2.24, 2.45) is 7.05 Å². The number of fused-ring (bicyclic) bond motifs is 2. The van der Waals surface area contributed by atoms with Gasteiger partial charge >= 0.3 is 5.69 Å². The number of hydrogen-bond donors (Lipinski definition) is 0. The van der Waals surface area contributed by atoms with Crippen LogP contribution in [-0.2, 0) is 34.3 Å². The Hall–Kier alpha value is -3.06. The fourth-order valence-corrected chi connectivity index (χ4v) is 6.73. The molecule has 3 aliphatic heterocycles. The molecule has 6 heterocycles. The van der Waals surface area contributed by atoms with Crippen LogP contribution in [0.25, 0.3) is 22.7 Å². The van der Waals surface area contributed by atoms with Crippen molar-refractivity contribution in [2.75, 3.05) is 46.6 Å². The topological polar surface area (TPSA) is 119 Å². The lowest BCUT2D eigenvalue weighted by atomic mass is 10.0. The molecule has 0 bridgehead atoms. The number of hydrogen-bond acceptors (Lipinski definition) is 10. The molecule has 0 amide bonds. The highest BCUT2D eigenvalue weighted by Crippen LogP contribution is 2.34. The predicted molar refractivity (Wildman–Crippen MR) is 165 cm³/mol. The number of likely N-dealkylation sites (N-methyl/N-ethyl adjacent to an activating group) is 1. The van der Waals surface area contributed by atoms with Gasteiger partial charge in [0.25, 0.3) is 0 Å². The summed E-state index contributed by atoms with van der Waals surface area (Å²) in [6, 6.07) is 0.0360. The molecule has 240 valence electrons. The van der Waals surface area contributed by atoms with E-state index in [1.807, 2.05) is 6.08 Å². The summed E-state index contributed by atoms with van der Waals surface area (Å²) in [5.41, 5.74) is 2.56. The van der Waals surface area contributed by atoms with Gasteiger partial charge in [-0.3, -0.25) is 14.0 Å². The van der Waals surface area contributed by atoms with E-state index in [1.165, 1.54) is 19.3 Å². The monoisotopic (exact) mass is 610 g/mol. The normalized spacial score (nSPS) is 23.7. The van der Waals surface area contributed by atoms with Gasteiger partial charge in [-0.1, -0.05) is 37.4 Å². The molecule has 12 heteroatoms. The molecule has 3 aromatic rings. The summed E-state index contributed by atoms with van der Waals surface area (Å²) in [7, 11) is 3.85. The van der Waals surface area contributed by atoms with Crippen LogP contribution in [0.1, 0.15) is 75.1 Å². The minimum atomic E-state index is -0.315. The summed E-state index contributed by atoms with van der Waals surface area (Å²) in [5.74, 6) is 1.18. The number of likely N-dealkylation sites (tertiary alicyclic amines) is 1. The van der Waals surface area contributed by atoms with Gasteiger partial charge in [-0.25, -0.2) is 9.78 Å². The molecule has 0 N–H and O–H groups in total. The van der Waals surface area contributed by atoms with Crippen molar-refractivity contribution in [3.05, 3.63) is 34.4 Å². The summed E-state index contributed by atoms with van der Waals surface area (Å²) in [6.45, 7) is 8.26. The number of nitrogens with zero attached hydrogens (tertiary/aromatic N) is 6. The highest BCUT2D eigenvalue weighted by molar-refractivity contribution is 5.80. The maximum absolute atomic E-state index is 13.7. The standard InChI is InChI=1S/C32H46N6O6/c1-4-26(25-13-11-15-36(25)2)43-31-27-30(38(32(39)37(27)3)22-14-17-41-20-22)33-29(34-31)28-23-12-9-7-5-6-8-10-16-40-18-19-42-21-24(23)35-44-28/h4,22,25-26H,1,5-21H2,2-3H3/t22-,25-,26-/m0/s1. The second kappa shape index (κ2) is 14.4. The number of rotatable bonds is 6. The summed E-state index contributed by atoms with van der Waals surface area (Å²) < 4.78 is 33.3. The first-order valence-corrected chi connectivity index (χ1v) is 16.3. The summed E-state index contributed by atoms with van der Waals surface area (Å²) in [6.07, 6.45) is 11.8. The Labute approximate surface area is 258 Å². The number of aryl methyl sites for hydroxylation is 1. The van der Waals surface area contributed by atoms with Gasteiger partial charge in [0, 0.05) is 25.8 Å². The zero-order valence-electron chi connectivity index (χ0n) is 26.2. The van der Waals surface area contributed by atoms with Gasteiger partial charge < -0.3 is 23.5 Å². The third-order valence-electron chi connectivity index (χ3n) is 9.25. The number of ether oxygens (including phenoxy) is 4. The van der Waals surface area contributed by atoms with E-state index < -0.39 is 0 Å². The first-order valence-electron chi connectivity index (χ1n) is 16.3. The van der Waals surface area contributed by atoms with Crippen molar-refractivity contribution in [3.63, 3.8) is 0 Å². The summed E-state index contributed by atoms with van der Waals surface area (Å²) in [5, 5.41) is 4.43. The van der Waals surface area contributed by atoms with Gasteiger partial charge in [-0.15, -0.1) is 0 Å². The van der Waals surface area contributed by atoms with Crippen LogP contribution in [-0.4, -0.2) is 87.9 Å². The van der Waals surface area contributed by atoms with E-state index in [4.69, 9.17) is 33.4 Å². The molecule has 0 aliphatic carbocycles. The van der Waals surface area contributed by atoms with Crippen molar-refractivity contribution in [1.82, 2.24) is 29.2 Å². The average Bonchev–Trinajstić information content (AvgIpc) is 3.82. The van der Waals surface area contributed by atoms with Crippen molar-refractivity contribution in [3.8, 4) is 17.5 Å². The van der Waals surface area contributed by atoms with Gasteiger partial charge in [0.05, 0.1) is 38.5 Å². The lowest BCUT2D eigenvalue weighted by Gasteiger charge is -2.27. The van der Waals surface area contributed by atoms with Gasteiger partial charge in [-0.05, 0) is 58.2 Å². The maximum atomic E-state index is 13.7. The Morgan fingerprint density at radius 2 is 1.77 bits per heavy atom. The quantitative estimate of drug-likeness (QED) is 0.376. The Balaban J connectivity index is 1.43. The van der Waals surface area contributed by atoms with E-state index in [1.54, 1.807) is 16.2 Å². The molecule has 0 aromatic carbocycles. The lowest BCUT2D eigenvalue weighted by Crippen LogP contribution is -2.39. The summed E-state index contributed by atoms with van der Waals surface area (Å²) >= 11 is 0. The molecular formula is C32H46N6O6. The molecule has 0 saturated carbocycles. The minimum absolute atomic E-state index is 0.124. The highest BCUT2D eigenvalue weighted by Gasteiger charge is 2.33. The van der Waals surface area contributed by atoms with Crippen molar-refractivity contribution < 1.29 is 23.5 Å². The van der Waals surface area contributed by atoms with Crippen LogP contribution in [0.4, 0.5) is 0 Å². The fourth-order valence-electron chi connectivity index (χ4n) is 6.73.